The average Bonchev–Trinajstić information content (AvgIpc) is 3.20. The van der Waals surface area contributed by atoms with Crippen LogP contribution in [-0.2, 0) is 11.3 Å². The molecule has 0 aliphatic carbocycles. The van der Waals surface area contributed by atoms with Crippen LogP contribution in [0.3, 0.4) is 0 Å². The minimum Gasteiger partial charge on any atom is -0.462 e. The van der Waals surface area contributed by atoms with Gasteiger partial charge in [0.05, 0.1) is 12.2 Å². The van der Waals surface area contributed by atoms with Crippen LogP contribution in [0.5, 0.6) is 0 Å². The Balaban J connectivity index is 1.73. The van der Waals surface area contributed by atoms with Crippen molar-refractivity contribution in [3.05, 3.63) is 38.8 Å². The Morgan fingerprint density at radius 2 is 1.89 bits per heavy atom. The van der Waals surface area contributed by atoms with Crippen LogP contribution in [-0.4, -0.2) is 56.2 Å². The molecule has 2 aromatic heterocycles. The maximum Gasteiger partial charge on any atom is 0.343 e. The first kappa shape index (κ1) is 19.9. The minimum atomic E-state index is -0.414. The van der Waals surface area contributed by atoms with Crippen LogP contribution >= 0.6 is 0 Å². The number of ether oxygens (including phenoxy) is 1. The summed E-state index contributed by atoms with van der Waals surface area (Å²) in [5.74, 6) is 0.368. The number of carbonyl (C=O) groups excluding carboxylic acids is 2. The highest BCUT2D eigenvalue weighted by Gasteiger charge is 2.30. The smallest absolute Gasteiger partial charge is 0.343 e. The van der Waals surface area contributed by atoms with Crippen molar-refractivity contribution in [2.75, 3.05) is 19.7 Å². The van der Waals surface area contributed by atoms with Crippen LogP contribution < -0.4 is 5.69 Å². The van der Waals surface area contributed by atoms with Gasteiger partial charge in [-0.2, -0.15) is 5.10 Å². The van der Waals surface area contributed by atoms with Crippen molar-refractivity contribution in [1.82, 2.24) is 24.6 Å². The summed E-state index contributed by atoms with van der Waals surface area (Å²) in [4.78, 5) is 41.8. The average molecular weight is 389 g/mol. The van der Waals surface area contributed by atoms with Crippen LogP contribution in [0.2, 0.25) is 0 Å². The van der Waals surface area contributed by atoms with Gasteiger partial charge in [-0.3, -0.25) is 9.36 Å². The van der Waals surface area contributed by atoms with E-state index in [2.05, 4.69) is 15.2 Å². The topological polar surface area (TPSA) is 113 Å². The van der Waals surface area contributed by atoms with Gasteiger partial charge in [0.15, 0.2) is 0 Å². The lowest BCUT2D eigenvalue weighted by Crippen LogP contribution is -2.39. The highest BCUT2D eigenvalue weighted by Crippen LogP contribution is 2.28. The number of aromatic amines is 2. The van der Waals surface area contributed by atoms with Gasteiger partial charge < -0.3 is 14.6 Å². The molecule has 0 atom stereocenters. The molecule has 0 radical (unpaired) electrons. The third-order valence-electron chi connectivity index (χ3n) is 5.38. The van der Waals surface area contributed by atoms with E-state index in [0.29, 0.717) is 42.1 Å². The SMILES string of the molecule is CCOC(=O)c1c(C)[nH]c(C(=O)N2CCC(c3n[nH]c(=O)n3CC)CC2)c1C. The van der Waals surface area contributed by atoms with Crippen molar-refractivity contribution in [1.29, 1.82) is 0 Å². The monoisotopic (exact) mass is 389 g/mol. The number of nitrogens with one attached hydrogen (secondary N) is 2. The number of rotatable bonds is 5. The Morgan fingerprint density at radius 1 is 1.21 bits per heavy atom. The predicted molar refractivity (Wildman–Crippen MR) is 103 cm³/mol. The molecule has 3 rings (SSSR count). The molecule has 0 bridgehead atoms. The fourth-order valence-electron chi connectivity index (χ4n) is 3.92. The third-order valence-corrected chi connectivity index (χ3v) is 5.38. The van der Waals surface area contributed by atoms with Crippen molar-refractivity contribution in [2.24, 2.45) is 0 Å². The molecule has 28 heavy (non-hydrogen) atoms. The number of aryl methyl sites for hydroxylation is 1. The second-order valence-corrected chi connectivity index (χ2v) is 7.04. The van der Waals surface area contributed by atoms with Crippen LogP contribution in [0, 0.1) is 13.8 Å². The van der Waals surface area contributed by atoms with Gasteiger partial charge in [0.2, 0.25) is 0 Å². The first-order valence-electron chi connectivity index (χ1n) is 9.69. The number of esters is 1. The molecule has 1 saturated heterocycles. The molecule has 1 amide bonds. The van der Waals surface area contributed by atoms with Crippen molar-refractivity contribution in [3.8, 4) is 0 Å². The number of hydrogen-bond donors (Lipinski definition) is 2. The van der Waals surface area contributed by atoms with Gasteiger partial charge in [-0.05, 0) is 46.1 Å². The molecule has 3 heterocycles. The molecule has 9 heteroatoms. The van der Waals surface area contributed by atoms with E-state index in [1.807, 2.05) is 6.92 Å². The molecule has 0 unspecified atom stereocenters. The zero-order valence-electron chi connectivity index (χ0n) is 16.8. The molecule has 1 fully saturated rings. The van der Waals surface area contributed by atoms with E-state index in [-0.39, 0.29) is 24.1 Å². The van der Waals surface area contributed by atoms with E-state index in [9.17, 15) is 14.4 Å². The van der Waals surface area contributed by atoms with Crippen LogP contribution in [0.4, 0.5) is 0 Å². The van der Waals surface area contributed by atoms with Crippen molar-refractivity contribution in [3.63, 3.8) is 0 Å². The number of nitrogens with zero attached hydrogens (tertiary/aromatic N) is 3. The van der Waals surface area contributed by atoms with E-state index in [1.165, 1.54) is 0 Å². The highest BCUT2D eigenvalue weighted by molar-refractivity contribution is 6.00. The second kappa shape index (κ2) is 8.04. The Hall–Kier alpha value is -2.84. The van der Waals surface area contributed by atoms with E-state index in [0.717, 1.165) is 18.7 Å². The standard InChI is InChI=1S/C19H27N5O4/c1-5-24-16(21-22-19(24)27)13-7-9-23(10-8-13)17(25)15-11(3)14(12(4)20-15)18(26)28-6-2/h13,20H,5-10H2,1-4H3,(H,22,27). The predicted octanol–water partition coefficient (Wildman–Crippen LogP) is 1.73. The quantitative estimate of drug-likeness (QED) is 0.756. The number of likely N-dealkylation sites (tertiary alicyclic amines) is 1. The minimum absolute atomic E-state index is 0.121. The Bertz CT molecular complexity index is 931. The molecule has 0 aromatic carbocycles. The van der Waals surface area contributed by atoms with Gasteiger partial charge in [-0.1, -0.05) is 0 Å². The number of H-pyrrole nitrogens is 2. The number of amides is 1. The van der Waals surface area contributed by atoms with Gasteiger partial charge in [0.25, 0.3) is 5.91 Å². The number of piperidine rings is 1. The zero-order valence-corrected chi connectivity index (χ0v) is 16.8. The summed E-state index contributed by atoms with van der Waals surface area (Å²) in [5.41, 5.74) is 1.93. The molecule has 152 valence electrons. The van der Waals surface area contributed by atoms with Gasteiger partial charge in [0.1, 0.15) is 11.5 Å². The van der Waals surface area contributed by atoms with Crippen LogP contribution in [0.1, 0.15) is 70.5 Å². The maximum atomic E-state index is 13.0. The van der Waals surface area contributed by atoms with Gasteiger partial charge in [-0.15, -0.1) is 0 Å². The molecule has 1 aliphatic heterocycles. The zero-order chi connectivity index (χ0) is 20.4. The van der Waals surface area contributed by atoms with Crippen molar-refractivity contribution < 1.29 is 14.3 Å². The fraction of sp³-hybridized carbons (Fsp3) is 0.579. The number of carbonyl (C=O) groups is 2. The Morgan fingerprint density at radius 3 is 2.50 bits per heavy atom. The van der Waals surface area contributed by atoms with E-state index >= 15 is 0 Å². The second-order valence-electron chi connectivity index (χ2n) is 7.04. The normalized spacial score (nSPS) is 15.1. The van der Waals surface area contributed by atoms with Crippen LogP contribution in [0.25, 0.3) is 0 Å². The lowest BCUT2D eigenvalue weighted by atomic mass is 9.95. The van der Waals surface area contributed by atoms with Crippen molar-refractivity contribution >= 4 is 11.9 Å². The highest BCUT2D eigenvalue weighted by atomic mass is 16.5. The maximum absolute atomic E-state index is 13.0. The molecule has 2 N–H and O–H groups in total. The summed E-state index contributed by atoms with van der Waals surface area (Å²) in [6.45, 7) is 9.20. The lowest BCUT2D eigenvalue weighted by molar-refractivity contribution is 0.0525. The summed E-state index contributed by atoms with van der Waals surface area (Å²) in [7, 11) is 0. The largest absolute Gasteiger partial charge is 0.462 e. The number of hydrogen-bond acceptors (Lipinski definition) is 5. The van der Waals surface area contributed by atoms with Gasteiger partial charge in [0, 0.05) is 31.2 Å². The summed E-state index contributed by atoms with van der Waals surface area (Å²) in [6.07, 6.45) is 1.47. The molecule has 1 aliphatic rings. The summed E-state index contributed by atoms with van der Waals surface area (Å²) in [5, 5.41) is 6.68. The molecular formula is C19H27N5O4. The summed E-state index contributed by atoms with van der Waals surface area (Å²) < 4.78 is 6.74. The molecule has 0 saturated carbocycles. The van der Waals surface area contributed by atoms with Gasteiger partial charge >= 0.3 is 11.7 Å². The first-order valence-corrected chi connectivity index (χ1v) is 9.69. The van der Waals surface area contributed by atoms with E-state index in [4.69, 9.17) is 4.74 Å². The Kier molecular flexibility index (Phi) is 5.71. The Labute approximate surface area is 163 Å². The van der Waals surface area contributed by atoms with Crippen LogP contribution in [0.15, 0.2) is 4.79 Å². The van der Waals surface area contributed by atoms with Crippen molar-refractivity contribution in [2.45, 2.75) is 53.0 Å². The fourth-order valence-corrected chi connectivity index (χ4v) is 3.92. The van der Waals surface area contributed by atoms with E-state index < -0.39 is 5.97 Å². The summed E-state index contributed by atoms with van der Waals surface area (Å²) >= 11 is 0. The lowest BCUT2D eigenvalue weighted by Gasteiger charge is -2.31. The molecular weight excluding hydrogens is 362 g/mol. The first-order chi connectivity index (χ1) is 13.4. The number of aromatic nitrogens is 4. The third kappa shape index (κ3) is 3.48. The molecule has 2 aromatic rings. The van der Waals surface area contributed by atoms with E-state index in [1.54, 1.807) is 30.2 Å². The molecule has 9 nitrogen and oxygen atoms in total. The van der Waals surface area contributed by atoms with Gasteiger partial charge in [-0.25, -0.2) is 14.7 Å². The molecule has 0 spiro atoms. The summed E-state index contributed by atoms with van der Waals surface area (Å²) in [6, 6.07) is 0.